The summed E-state index contributed by atoms with van der Waals surface area (Å²) >= 11 is 0. The van der Waals surface area contributed by atoms with Gasteiger partial charge in [0.1, 0.15) is 12.4 Å². The fourth-order valence-corrected chi connectivity index (χ4v) is 3.66. The highest BCUT2D eigenvalue weighted by Gasteiger charge is 2.18. The van der Waals surface area contributed by atoms with Crippen molar-refractivity contribution in [1.29, 1.82) is 0 Å². The molecule has 4 rings (SSSR count). The van der Waals surface area contributed by atoms with Gasteiger partial charge in [-0.15, -0.1) is 0 Å². The monoisotopic (exact) mass is 421 g/mol. The minimum absolute atomic E-state index is 0.147. The summed E-state index contributed by atoms with van der Waals surface area (Å²) in [4.78, 5) is 25.5. The molecule has 7 nitrogen and oxygen atoms in total. The zero-order chi connectivity index (χ0) is 21.8. The van der Waals surface area contributed by atoms with Gasteiger partial charge in [-0.2, -0.15) is 5.10 Å². The standard InChI is InChI=1S/C24H27N3O4/c1-16(2)27-24(29)21-8-4-3-7-20(21)22(26-27)23(28)25-14-17-9-11-18(12-10-17)31-15-19-6-5-13-30-19/h3-4,7-12,16,19H,5-6,13-15H2,1-2H3,(H,25,28). The molecule has 1 aliphatic rings. The first-order valence-electron chi connectivity index (χ1n) is 10.7. The highest BCUT2D eigenvalue weighted by atomic mass is 16.5. The van der Waals surface area contributed by atoms with Crippen molar-refractivity contribution in [3.05, 3.63) is 70.1 Å². The maximum atomic E-state index is 12.9. The average Bonchev–Trinajstić information content (AvgIpc) is 3.31. The van der Waals surface area contributed by atoms with Gasteiger partial charge in [0.15, 0.2) is 5.69 Å². The summed E-state index contributed by atoms with van der Waals surface area (Å²) in [5.74, 6) is 0.464. The van der Waals surface area contributed by atoms with E-state index in [9.17, 15) is 9.59 Å². The highest BCUT2D eigenvalue weighted by molar-refractivity contribution is 6.04. The number of ether oxygens (including phenoxy) is 2. The second-order valence-electron chi connectivity index (χ2n) is 8.01. The fraction of sp³-hybridized carbons (Fsp3) is 0.375. The number of carbonyl (C=O) groups excluding carboxylic acids is 1. The van der Waals surface area contributed by atoms with Crippen LogP contribution in [0.1, 0.15) is 48.8 Å². The van der Waals surface area contributed by atoms with Crippen LogP contribution in [0.15, 0.2) is 53.3 Å². The fourth-order valence-electron chi connectivity index (χ4n) is 3.66. The number of amides is 1. The van der Waals surface area contributed by atoms with Crippen molar-refractivity contribution in [2.75, 3.05) is 13.2 Å². The van der Waals surface area contributed by atoms with Crippen LogP contribution in [0, 0.1) is 0 Å². The molecule has 1 aromatic heterocycles. The van der Waals surface area contributed by atoms with E-state index in [-0.39, 0.29) is 29.3 Å². The van der Waals surface area contributed by atoms with Gasteiger partial charge in [-0.3, -0.25) is 9.59 Å². The smallest absolute Gasteiger partial charge is 0.274 e. The third-order valence-electron chi connectivity index (χ3n) is 5.37. The Bertz CT molecular complexity index is 1120. The first-order chi connectivity index (χ1) is 15.0. The lowest BCUT2D eigenvalue weighted by Gasteiger charge is -2.14. The SMILES string of the molecule is CC(C)n1nc(C(=O)NCc2ccc(OCC3CCCO3)cc2)c2ccccc2c1=O. The Kier molecular flexibility index (Phi) is 6.32. The molecule has 2 aromatic carbocycles. The van der Waals surface area contributed by atoms with Crippen molar-refractivity contribution < 1.29 is 14.3 Å². The third-order valence-corrected chi connectivity index (χ3v) is 5.37. The van der Waals surface area contributed by atoms with Crippen LogP contribution in [0.2, 0.25) is 0 Å². The molecule has 0 aliphatic carbocycles. The van der Waals surface area contributed by atoms with Crippen LogP contribution < -0.4 is 15.6 Å². The van der Waals surface area contributed by atoms with Crippen LogP contribution in [-0.2, 0) is 11.3 Å². The number of nitrogens with zero attached hydrogens (tertiary/aromatic N) is 2. The molecule has 1 saturated heterocycles. The van der Waals surface area contributed by atoms with E-state index >= 15 is 0 Å². The van der Waals surface area contributed by atoms with E-state index in [1.54, 1.807) is 24.3 Å². The molecule has 1 N–H and O–H groups in total. The van der Waals surface area contributed by atoms with Crippen LogP contribution in [-0.4, -0.2) is 35.0 Å². The van der Waals surface area contributed by atoms with E-state index < -0.39 is 0 Å². The molecule has 1 fully saturated rings. The molecule has 7 heteroatoms. The van der Waals surface area contributed by atoms with Gasteiger partial charge in [-0.1, -0.05) is 30.3 Å². The minimum Gasteiger partial charge on any atom is -0.491 e. The number of benzene rings is 2. The van der Waals surface area contributed by atoms with Gasteiger partial charge in [0, 0.05) is 18.5 Å². The molecule has 0 bridgehead atoms. The van der Waals surface area contributed by atoms with E-state index in [4.69, 9.17) is 9.47 Å². The van der Waals surface area contributed by atoms with E-state index in [2.05, 4.69) is 10.4 Å². The maximum Gasteiger partial charge on any atom is 0.274 e. The Labute approximate surface area is 181 Å². The Morgan fingerprint density at radius 1 is 1.19 bits per heavy atom. The molecule has 31 heavy (non-hydrogen) atoms. The summed E-state index contributed by atoms with van der Waals surface area (Å²) in [5, 5.41) is 8.31. The molecule has 3 aromatic rings. The minimum atomic E-state index is -0.315. The number of aromatic nitrogens is 2. The Hall–Kier alpha value is -3.19. The van der Waals surface area contributed by atoms with Crippen LogP contribution in [0.4, 0.5) is 0 Å². The number of hydrogen-bond acceptors (Lipinski definition) is 5. The quantitative estimate of drug-likeness (QED) is 0.632. The van der Waals surface area contributed by atoms with Gasteiger partial charge in [0.05, 0.1) is 17.5 Å². The molecule has 2 heterocycles. The number of hydrogen-bond donors (Lipinski definition) is 1. The molecule has 1 unspecified atom stereocenters. The average molecular weight is 421 g/mol. The molecular weight excluding hydrogens is 394 g/mol. The Morgan fingerprint density at radius 2 is 1.94 bits per heavy atom. The van der Waals surface area contributed by atoms with Gasteiger partial charge in [-0.25, -0.2) is 4.68 Å². The summed E-state index contributed by atoms with van der Waals surface area (Å²) in [6.07, 6.45) is 2.30. The second-order valence-corrected chi connectivity index (χ2v) is 8.01. The second kappa shape index (κ2) is 9.31. The third kappa shape index (κ3) is 4.77. The summed E-state index contributed by atoms with van der Waals surface area (Å²) in [5.41, 5.74) is 1.00. The summed E-state index contributed by atoms with van der Waals surface area (Å²) in [6.45, 7) is 5.45. The van der Waals surface area contributed by atoms with E-state index in [1.807, 2.05) is 38.1 Å². The molecule has 162 valence electrons. The summed E-state index contributed by atoms with van der Waals surface area (Å²) in [7, 11) is 0. The number of rotatable bonds is 7. The lowest BCUT2D eigenvalue weighted by atomic mass is 10.1. The van der Waals surface area contributed by atoms with E-state index in [0.717, 1.165) is 30.8 Å². The van der Waals surface area contributed by atoms with Gasteiger partial charge >= 0.3 is 0 Å². The lowest BCUT2D eigenvalue weighted by molar-refractivity contribution is 0.0679. The largest absolute Gasteiger partial charge is 0.491 e. The topological polar surface area (TPSA) is 82.5 Å². The van der Waals surface area contributed by atoms with Gasteiger partial charge < -0.3 is 14.8 Å². The van der Waals surface area contributed by atoms with Crippen LogP contribution in [0.3, 0.4) is 0 Å². The zero-order valence-corrected chi connectivity index (χ0v) is 17.8. The number of nitrogens with one attached hydrogen (secondary N) is 1. The molecule has 1 atom stereocenters. The van der Waals surface area contributed by atoms with Crippen molar-refractivity contribution in [3.8, 4) is 5.75 Å². The number of carbonyl (C=O) groups is 1. The van der Waals surface area contributed by atoms with Gasteiger partial charge in [0.2, 0.25) is 0 Å². The lowest BCUT2D eigenvalue weighted by Crippen LogP contribution is -2.31. The normalized spacial score (nSPS) is 16.0. The highest BCUT2D eigenvalue weighted by Crippen LogP contribution is 2.18. The molecule has 0 saturated carbocycles. The molecule has 1 aliphatic heterocycles. The van der Waals surface area contributed by atoms with Crippen molar-refractivity contribution in [2.45, 2.75) is 45.4 Å². The first-order valence-corrected chi connectivity index (χ1v) is 10.7. The number of fused-ring (bicyclic) bond motifs is 1. The Balaban J connectivity index is 1.44. The van der Waals surface area contributed by atoms with Crippen molar-refractivity contribution in [3.63, 3.8) is 0 Å². The van der Waals surface area contributed by atoms with Gasteiger partial charge in [0.25, 0.3) is 11.5 Å². The van der Waals surface area contributed by atoms with E-state index in [1.165, 1.54) is 4.68 Å². The Morgan fingerprint density at radius 3 is 2.61 bits per heavy atom. The zero-order valence-electron chi connectivity index (χ0n) is 17.8. The summed E-state index contributed by atoms with van der Waals surface area (Å²) < 4.78 is 12.7. The van der Waals surface area contributed by atoms with Crippen molar-refractivity contribution >= 4 is 16.7 Å². The predicted octanol–water partition coefficient (Wildman–Crippen LogP) is 3.47. The molecule has 1 amide bonds. The van der Waals surface area contributed by atoms with E-state index in [0.29, 0.717) is 23.9 Å². The predicted molar refractivity (Wildman–Crippen MR) is 118 cm³/mol. The van der Waals surface area contributed by atoms with Crippen LogP contribution in [0.25, 0.3) is 10.8 Å². The summed E-state index contributed by atoms with van der Waals surface area (Å²) in [6, 6.07) is 14.6. The molecular formula is C24H27N3O4. The maximum absolute atomic E-state index is 12.9. The van der Waals surface area contributed by atoms with Crippen molar-refractivity contribution in [2.24, 2.45) is 0 Å². The molecule has 0 radical (unpaired) electrons. The first kappa shape index (κ1) is 21.1. The van der Waals surface area contributed by atoms with Gasteiger partial charge in [-0.05, 0) is 50.5 Å². The van der Waals surface area contributed by atoms with Crippen LogP contribution in [0.5, 0.6) is 5.75 Å². The van der Waals surface area contributed by atoms with Crippen molar-refractivity contribution in [1.82, 2.24) is 15.1 Å². The van der Waals surface area contributed by atoms with Crippen LogP contribution >= 0.6 is 0 Å². The molecule has 0 spiro atoms.